The zero-order valence-corrected chi connectivity index (χ0v) is 10.0. The van der Waals surface area contributed by atoms with Gasteiger partial charge in [0, 0.05) is 30.5 Å². The Bertz CT molecular complexity index is 422. The summed E-state index contributed by atoms with van der Waals surface area (Å²) in [5, 5.41) is 10.1. The molecule has 1 amide bonds. The SMILES string of the molecule is O=C1CC(CO)CN1c1cc(Cl)ccc1Cl. The van der Waals surface area contributed by atoms with Gasteiger partial charge in [0.1, 0.15) is 0 Å². The van der Waals surface area contributed by atoms with Crippen molar-refractivity contribution in [2.45, 2.75) is 6.42 Å². The van der Waals surface area contributed by atoms with E-state index in [1.165, 1.54) is 0 Å². The fraction of sp³-hybridized carbons (Fsp3) is 0.364. The van der Waals surface area contributed by atoms with E-state index in [4.69, 9.17) is 28.3 Å². The first-order chi connectivity index (χ1) is 7.61. The number of hydrogen-bond acceptors (Lipinski definition) is 2. The maximum Gasteiger partial charge on any atom is 0.227 e. The molecule has 1 fully saturated rings. The molecule has 0 aliphatic carbocycles. The number of halogens is 2. The number of rotatable bonds is 2. The van der Waals surface area contributed by atoms with E-state index in [1.54, 1.807) is 23.1 Å². The highest BCUT2D eigenvalue weighted by atomic mass is 35.5. The number of nitrogens with zero attached hydrogens (tertiary/aromatic N) is 1. The van der Waals surface area contributed by atoms with Crippen molar-refractivity contribution in [2.24, 2.45) is 5.92 Å². The molecule has 1 aromatic rings. The molecule has 5 heteroatoms. The molecule has 1 atom stereocenters. The molecule has 1 N–H and O–H groups in total. The minimum atomic E-state index is -0.0248. The Hall–Kier alpha value is -0.770. The van der Waals surface area contributed by atoms with E-state index in [0.29, 0.717) is 28.7 Å². The first kappa shape index (κ1) is 11.7. The molecule has 86 valence electrons. The number of aliphatic hydroxyl groups is 1. The second-order valence-electron chi connectivity index (χ2n) is 3.85. The predicted molar refractivity (Wildman–Crippen MR) is 64.0 cm³/mol. The molecule has 2 rings (SSSR count). The van der Waals surface area contributed by atoms with E-state index >= 15 is 0 Å². The van der Waals surface area contributed by atoms with Crippen LogP contribution in [0.25, 0.3) is 0 Å². The second kappa shape index (κ2) is 4.62. The molecule has 1 aromatic carbocycles. The standard InChI is InChI=1S/C11H11Cl2NO2/c12-8-1-2-9(13)10(4-8)14-5-7(6-15)3-11(14)16/h1-2,4,7,15H,3,5-6H2. The third-order valence-corrected chi connectivity index (χ3v) is 3.22. The molecule has 0 radical (unpaired) electrons. The summed E-state index contributed by atoms with van der Waals surface area (Å²) in [5.41, 5.74) is 0.620. The number of aliphatic hydroxyl groups excluding tert-OH is 1. The number of carbonyl (C=O) groups is 1. The van der Waals surface area contributed by atoms with E-state index in [-0.39, 0.29) is 18.4 Å². The molecule has 0 bridgehead atoms. The Morgan fingerprint density at radius 3 is 2.81 bits per heavy atom. The molecule has 1 aliphatic heterocycles. The highest BCUT2D eigenvalue weighted by Crippen LogP contribution is 2.33. The molecule has 16 heavy (non-hydrogen) atoms. The fourth-order valence-corrected chi connectivity index (χ4v) is 2.22. The van der Waals surface area contributed by atoms with Crippen LogP contribution in [0.2, 0.25) is 10.0 Å². The number of carbonyl (C=O) groups excluding carboxylic acids is 1. The zero-order chi connectivity index (χ0) is 11.7. The number of anilines is 1. The lowest BCUT2D eigenvalue weighted by molar-refractivity contribution is -0.117. The molecule has 1 aliphatic rings. The van der Waals surface area contributed by atoms with Crippen LogP contribution in [0.4, 0.5) is 5.69 Å². The van der Waals surface area contributed by atoms with Crippen molar-refractivity contribution in [3.63, 3.8) is 0 Å². The highest BCUT2D eigenvalue weighted by molar-refractivity contribution is 6.35. The van der Waals surface area contributed by atoms with Gasteiger partial charge in [0.2, 0.25) is 5.91 Å². The minimum Gasteiger partial charge on any atom is -0.396 e. The van der Waals surface area contributed by atoms with Crippen molar-refractivity contribution in [2.75, 3.05) is 18.1 Å². The van der Waals surface area contributed by atoms with Gasteiger partial charge in [-0.05, 0) is 18.2 Å². The maximum absolute atomic E-state index is 11.7. The normalized spacial score (nSPS) is 20.6. The Kier molecular flexibility index (Phi) is 3.38. The monoisotopic (exact) mass is 259 g/mol. The molecule has 0 aromatic heterocycles. The average molecular weight is 260 g/mol. The summed E-state index contributed by atoms with van der Waals surface area (Å²) in [6.07, 6.45) is 0.360. The van der Waals surface area contributed by atoms with Crippen LogP contribution in [0, 0.1) is 5.92 Å². The maximum atomic E-state index is 11.7. The van der Waals surface area contributed by atoms with Gasteiger partial charge in [0.25, 0.3) is 0 Å². The van der Waals surface area contributed by atoms with Crippen molar-refractivity contribution in [3.8, 4) is 0 Å². The van der Waals surface area contributed by atoms with E-state index in [2.05, 4.69) is 0 Å². The summed E-state index contributed by atoms with van der Waals surface area (Å²) in [4.78, 5) is 13.3. The lowest BCUT2D eigenvalue weighted by Gasteiger charge is -2.18. The molecular formula is C11H11Cl2NO2. The molecule has 3 nitrogen and oxygen atoms in total. The van der Waals surface area contributed by atoms with Gasteiger partial charge in [-0.15, -0.1) is 0 Å². The molecular weight excluding hydrogens is 249 g/mol. The predicted octanol–water partition coefficient (Wildman–Crippen LogP) is 2.34. The van der Waals surface area contributed by atoms with E-state index < -0.39 is 0 Å². The van der Waals surface area contributed by atoms with Crippen LogP contribution in [0.1, 0.15) is 6.42 Å². The van der Waals surface area contributed by atoms with Crippen molar-refractivity contribution < 1.29 is 9.90 Å². The highest BCUT2D eigenvalue weighted by Gasteiger charge is 2.31. The van der Waals surface area contributed by atoms with Crippen LogP contribution in [0.3, 0.4) is 0 Å². The smallest absolute Gasteiger partial charge is 0.227 e. The number of amides is 1. The van der Waals surface area contributed by atoms with Gasteiger partial charge >= 0.3 is 0 Å². The van der Waals surface area contributed by atoms with Gasteiger partial charge < -0.3 is 10.0 Å². The Morgan fingerprint density at radius 1 is 1.44 bits per heavy atom. The summed E-state index contributed by atoms with van der Waals surface area (Å²) in [6, 6.07) is 5.01. The van der Waals surface area contributed by atoms with Crippen molar-refractivity contribution >= 4 is 34.8 Å². The first-order valence-corrected chi connectivity index (χ1v) is 5.73. The van der Waals surface area contributed by atoms with Crippen LogP contribution in [0.5, 0.6) is 0 Å². The Balaban J connectivity index is 2.30. The molecule has 1 heterocycles. The number of benzene rings is 1. The van der Waals surface area contributed by atoms with Crippen molar-refractivity contribution in [1.29, 1.82) is 0 Å². The third-order valence-electron chi connectivity index (χ3n) is 2.66. The zero-order valence-electron chi connectivity index (χ0n) is 8.49. The topological polar surface area (TPSA) is 40.5 Å². The van der Waals surface area contributed by atoms with E-state index in [9.17, 15) is 4.79 Å². The van der Waals surface area contributed by atoms with Gasteiger partial charge in [0.15, 0.2) is 0 Å². The van der Waals surface area contributed by atoms with Gasteiger partial charge in [0.05, 0.1) is 10.7 Å². The largest absolute Gasteiger partial charge is 0.396 e. The molecule has 0 saturated carbocycles. The lowest BCUT2D eigenvalue weighted by Crippen LogP contribution is -2.25. The number of hydrogen-bond donors (Lipinski definition) is 1. The minimum absolute atomic E-state index is 0.0115. The Labute approximate surface area is 104 Å². The summed E-state index contributed by atoms with van der Waals surface area (Å²) < 4.78 is 0. The van der Waals surface area contributed by atoms with Gasteiger partial charge in [-0.2, -0.15) is 0 Å². The van der Waals surface area contributed by atoms with Crippen LogP contribution < -0.4 is 4.90 Å². The van der Waals surface area contributed by atoms with Crippen LogP contribution >= 0.6 is 23.2 Å². The van der Waals surface area contributed by atoms with Crippen molar-refractivity contribution in [1.82, 2.24) is 0 Å². The van der Waals surface area contributed by atoms with E-state index in [0.717, 1.165) is 0 Å². The fourth-order valence-electron chi connectivity index (χ4n) is 1.83. The van der Waals surface area contributed by atoms with Gasteiger partial charge in [-0.1, -0.05) is 23.2 Å². The van der Waals surface area contributed by atoms with Crippen LogP contribution in [-0.2, 0) is 4.79 Å². The summed E-state index contributed by atoms with van der Waals surface area (Å²) >= 11 is 11.9. The summed E-state index contributed by atoms with van der Waals surface area (Å²) in [5.74, 6) is -0.0363. The van der Waals surface area contributed by atoms with Gasteiger partial charge in [-0.25, -0.2) is 0 Å². The van der Waals surface area contributed by atoms with Gasteiger partial charge in [-0.3, -0.25) is 4.79 Å². The first-order valence-electron chi connectivity index (χ1n) is 4.98. The third kappa shape index (κ3) is 2.17. The lowest BCUT2D eigenvalue weighted by atomic mass is 10.1. The average Bonchev–Trinajstić information content (AvgIpc) is 2.63. The van der Waals surface area contributed by atoms with Crippen LogP contribution in [-0.4, -0.2) is 24.2 Å². The molecule has 0 spiro atoms. The van der Waals surface area contributed by atoms with E-state index in [1.807, 2.05) is 0 Å². The molecule has 1 unspecified atom stereocenters. The summed E-state index contributed by atoms with van der Waals surface area (Å²) in [6.45, 7) is 0.510. The van der Waals surface area contributed by atoms with Crippen LogP contribution in [0.15, 0.2) is 18.2 Å². The quantitative estimate of drug-likeness (QED) is 0.886. The summed E-state index contributed by atoms with van der Waals surface area (Å²) in [7, 11) is 0. The Morgan fingerprint density at radius 2 is 2.19 bits per heavy atom. The molecule has 1 saturated heterocycles. The van der Waals surface area contributed by atoms with Crippen molar-refractivity contribution in [3.05, 3.63) is 28.2 Å². The second-order valence-corrected chi connectivity index (χ2v) is 4.70.